The second-order valence-corrected chi connectivity index (χ2v) is 3.94. The highest BCUT2D eigenvalue weighted by Crippen LogP contribution is 2.11. The molecule has 0 aliphatic rings. The lowest BCUT2D eigenvalue weighted by Crippen LogP contribution is -2.14. The van der Waals surface area contributed by atoms with Crippen LogP contribution in [0.25, 0.3) is 5.82 Å². The molecule has 78 valence electrons. The van der Waals surface area contributed by atoms with E-state index in [0.717, 1.165) is 5.03 Å². The standard InChI is InChI=1S/C8H7ClN4OS/c1-15-7-2-3-13(12-7)8-5(14)4-6(9)10-11-8/h2-4H,1H3,(H,10,14). The Morgan fingerprint density at radius 3 is 3.00 bits per heavy atom. The molecular formula is C8H7ClN4OS. The van der Waals surface area contributed by atoms with Crippen molar-refractivity contribution in [3.05, 3.63) is 33.7 Å². The number of aromatic nitrogens is 4. The fourth-order valence-corrected chi connectivity index (χ4v) is 1.58. The normalized spacial score (nSPS) is 10.5. The van der Waals surface area contributed by atoms with Crippen LogP contribution in [0.2, 0.25) is 5.15 Å². The van der Waals surface area contributed by atoms with Crippen molar-refractivity contribution in [3.8, 4) is 5.82 Å². The second-order valence-electron chi connectivity index (χ2n) is 2.71. The molecule has 0 aliphatic carbocycles. The van der Waals surface area contributed by atoms with Crippen LogP contribution in [0.1, 0.15) is 0 Å². The van der Waals surface area contributed by atoms with Gasteiger partial charge in [0.1, 0.15) is 10.2 Å². The molecule has 1 N–H and O–H groups in total. The molecule has 2 rings (SSSR count). The van der Waals surface area contributed by atoms with Crippen molar-refractivity contribution in [2.45, 2.75) is 5.03 Å². The number of aromatic amines is 1. The summed E-state index contributed by atoms with van der Waals surface area (Å²) in [5, 5.41) is 11.5. The number of rotatable bonds is 2. The minimum atomic E-state index is -0.269. The average Bonchev–Trinajstić information content (AvgIpc) is 2.66. The smallest absolute Gasteiger partial charge is 0.227 e. The molecule has 15 heavy (non-hydrogen) atoms. The molecule has 2 aromatic heterocycles. The number of nitrogens with zero attached hydrogens (tertiary/aromatic N) is 3. The fraction of sp³-hybridized carbons (Fsp3) is 0.125. The molecule has 0 unspecified atom stereocenters. The Bertz CT molecular complexity index is 535. The van der Waals surface area contributed by atoms with Crippen molar-refractivity contribution in [2.75, 3.05) is 6.26 Å². The third kappa shape index (κ3) is 2.05. The van der Waals surface area contributed by atoms with Gasteiger partial charge in [-0.3, -0.25) is 9.89 Å². The lowest BCUT2D eigenvalue weighted by atomic mass is 10.5. The number of thioether (sulfide) groups is 1. The highest BCUT2D eigenvalue weighted by Gasteiger charge is 2.06. The van der Waals surface area contributed by atoms with Gasteiger partial charge in [0, 0.05) is 12.3 Å². The summed E-state index contributed by atoms with van der Waals surface area (Å²) in [4.78, 5) is 11.5. The average molecular weight is 243 g/mol. The Labute approximate surface area is 94.5 Å². The molecule has 0 saturated heterocycles. The summed E-state index contributed by atoms with van der Waals surface area (Å²) in [6.07, 6.45) is 3.59. The molecule has 7 heteroatoms. The van der Waals surface area contributed by atoms with E-state index in [1.807, 2.05) is 6.26 Å². The molecule has 0 bridgehead atoms. The monoisotopic (exact) mass is 242 g/mol. The lowest BCUT2D eigenvalue weighted by molar-refractivity contribution is 0.779. The minimum Gasteiger partial charge on any atom is -0.286 e. The van der Waals surface area contributed by atoms with Gasteiger partial charge in [0.25, 0.3) is 0 Å². The van der Waals surface area contributed by atoms with E-state index in [4.69, 9.17) is 11.6 Å². The van der Waals surface area contributed by atoms with Gasteiger partial charge in [-0.1, -0.05) is 11.6 Å². The van der Waals surface area contributed by atoms with Gasteiger partial charge >= 0.3 is 0 Å². The van der Waals surface area contributed by atoms with Crippen LogP contribution in [0.4, 0.5) is 0 Å². The van der Waals surface area contributed by atoms with Crippen molar-refractivity contribution < 1.29 is 0 Å². The van der Waals surface area contributed by atoms with Gasteiger partial charge in [-0.15, -0.1) is 11.8 Å². The van der Waals surface area contributed by atoms with E-state index < -0.39 is 0 Å². The molecule has 0 atom stereocenters. The summed E-state index contributed by atoms with van der Waals surface area (Å²) in [5.41, 5.74) is -0.269. The van der Waals surface area contributed by atoms with Crippen LogP contribution in [0.3, 0.4) is 0 Å². The van der Waals surface area contributed by atoms with Crippen molar-refractivity contribution in [3.63, 3.8) is 0 Å². The van der Waals surface area contributed by atoms with Gasteiger partial charge in [-0.25, -0.2) is 4.68 Å². The highest BCUT2D eigenvalue weighted by molar-refractivity contribution is 7.98. The summed E-state index contributed by atoms with van der Waals surface area (Å²) < 4.78 is 1.42. The molecule has 0 aromatic carbocycles. The zero-order valence-corrected chi connectivity index (χ0v) is 9.34. The summed E-state index contributed by atoms with van der Waals surface area (Å²) in [5.74, 6) is 0.208. The van der Waals surface area contributed by atoms with Gasteiger partial charge in [-0.2, -0.15) is 10.2 Å². The Morgan fingerprint density at radius 1 is 1.60 bits per heavy atom. The topological polar surface area (TPSA) is 63.6 Å². The zero-order valence-electron chi connectivity index (χ0n) is 7.77. The van der Waals surface area contributed by atoms with E-state index in [-0.39, 0.29) is 16.4 Å². The molecule has 2 heterocycles. The minimum absolute atomic E-state index is 0.208. The molecule has 2 aromatic rings. The van der Waals surface area contributed by atoms with E-state index in [2.05, 4.69) is 15.3 Å². The molecule has 0 aliphatic heterocycles. The van der Waals surface area contributed by atoms with Crippen molar-refractivity contribution in [1.29, 1.82) is 0 Å². The number of halogens is 1. The summed E-state index contributed by atoms with van der Waals surface area (Å²) in [7, 11) is 0. The molecule has 0 fully saturated rings. The van der Waals surface area contributed by atoms with Gasteiger partial charge in [-0.05, 0) is 12.3 Å². The summed E-state index contributed by atoms with van der Waals surface area (Å²) in [6, 6.07) is 3.07. The first-order chi connectivity index (χ1) is 7.20. The predicted octanol–water partition coefficient (Wildman–Crippen LogP) is 1.33. The number of hydrogen-bond acceptors (Lipinski definition) is 4. The molecule has 0 spiro atoms. The fourth-order valence-electron chi connectivity index (χ4n) is 1.07. The third-order valence-electron chi connectivity index (χ3n) is 1.74. The third-order valence-corrected chi connectivity index (χ3v) is 2.57. The van der Waals surface area contributed by atoms with Crippen LogP contribution in [0.15, 0.2) is 28.2 Å². The lowest BCUT2D eigenvalue weighted by Gasteiger charge is -1.97. The Kier molecular flexibility index (Phi) is 2.79. The Hall–Kier alpha value is -1.27. The number of nitrogens with one attached hydrogen (secondary N) is 1. The highest BCUT2D eigenvalue weighted by atomic mass is 35.5. The molecular weight excluding hydrogens is 236 g/mol. The maximum atomic E-state index is 11.5. The van der Waals surface area contributed by atoms with E-state index >= 15 is 0 Å². The van der Waals surface area contributed by atoms with E-state index in [1.165, 1.54) is 22.5 Å². The van der Waals surface area contributed by atoms with Crippen LogP contribution in [-0.2, 0) is 0 Å². The van der Waals surface area contributed by atoms with Crippen LogP contribution in [0.5, 0.6) is 0 Å². The van der Waals surface area contributed by atoms with Crippen molar-refractivity contribution >= 4 is 23.4 Å². The Morgan fingerprint density at radius 2 is 2.40 bits per heavy atom. The van der Waals surface area contributed by atoms with E-state index in [9.17, 15) is 4.79 Å². The van der Waals surface area contributed by atoms with Gasteiger partial charge < -0.3 is 0 Å². The largest absolute Gasteiger partial charge is 0.286 e. The SMILES string of the molecule is CSc1ccn(-c2n[nH]c(Cl)cc2=O)n1. The molecule has 0 saturated carbocycles. The van der Waals surface area contributed by atoms with Crippen LogP contribution in [0, 0.1) is 0 Å². The Balaban J connectivity index is 2.49. The predicted molar refractivity (Wildman–Crippen MR) is 58.8 cm³/mol. The zero-order chi connectivity index (χ0) is 10.8. The van der Waals surface area contributed by atoms with Gasteiger partial charge in [0.2, 0.25) is 11.2 Å². The maximum Gasteiger partial charge on any atom is 0.227 e. The van der Waals surface area contributed by atoms with Crippen LogP contribution in [-0.4, -0.2) is 26.2 Å². The second kappa shape index (κ2) is 4.08. The van der Waals surface area contributed by atoms with Crippen LogP contribution < -0.4 is 5.43 Å². The van der Waals surface area contributed by atoms with Crippen molar-refractivity contribution in [2.24, 2.45) is 0 Å². The van der Waals surface area contributed by atoms with E-state index in [1.54, 1.807) is 12.3 Å². The first-order valence-corrected chi connectivity index (χ1v) is 5.66. The summed E-state index contributed by atoms with van der Waals surface area (Å²) >= 11 is 7.08. The molecule has 0 radical (unpaired) electrons. The number of H-pyrrole nitrogens is 1. The molecule has 0 amide bonds. The van der Waals surface area contributed by atoms with Crippen molar-refractivity contribution in [1.82, 2.24) is 20.0 Å². The summed E-state index contributed by atoms with van der Waals surface area (Å²) in [6.45, 7) is 0. The van der Waals surface area contributed by atoms with E-state index in [0.29, 0.717) is 0 Å². The maximum absolute atomic E-state index is 11.5. The quantitative estimate of drug-likeness (QED) is 0.807. The van der Waals surface area contributed by atoms with Gasteiger partial charge in [0.05, 0.1) is 0 Å². The first-order valence-electron chi connectivity index (χ1n) is 4.06. The first kappa shape index (κ1) is 10.3. The van der Waals surface area contributed by atoms with Gasteiger partial charge in [0.15, 0.2) is 0 Å². The van der Waals surface area contributed by atoms with Crippen LogP contribution >= 0.6 is 23.4 Å². The molecule has 5 nitrogen and oxygen atoms in total. The number of hydrogen-bond donors (Lipinski definition) is 1.